The van der Waals surface area contributed by atoms with Crippen LogP contribution in [0.1, 0.15) is 11.1 Å². The second kappa shape index (κ2) is 9.75. The van der Waals surface area contributed by atoms with Gasteiger partial charge in [-0.1, -0.05) is 58.4 Å². The predicted molar refractivity (Wildman–Crippen MR) is 111 cm³/mol. The van der Waals surface area contributed by atoms with Crippen LogP contribution in [0.15, 0.2) is 46.8 Å². The van der Waals surface area contributed by atoms with Crippen LogP contribution in [0.25, 0.3) is 0 Å². The zero-order valence-electron chi connectivity index (χ0n) is 14.2. The number of nitrogens with zero attached hydrogens (tertiary/aromatic N) is 3. The van der Waals surface area contributed by atoms with Gasteiger partial charge >= 0.3 is 0 Å². The number of benzene rings is 2. The Balaban J connectivity index is 1.48. The van der Waals surface area contributed by atoms with Crippen LogP contribution in [0.3, 0.4) is 0 Å². The molecule has 0 atom stereocenters. The quantitative estimate of drug-likeness (QED) is 0.401. The number of aromatic nitrogens is 2. The zero-order chi connectivity index (χ0) is 19.9. The molecule has 2 aromatic carbocycles. The maximum Gasteiger partial charge on any atom is 0.264 e. The van der Waals surface area contributed by atoms with Gasteiger partial charge < -0.3 is 4.74 Å². The van der Waals surface area contributed by atoms with Gasteiger partial charge in [-0.3, -0.25) is 10.1 Å². The molecular formula is C18H12Cl2N4O2S2. The summed E-state index contributed by atoms with van der Waals surface area (Å²) >= 11 is 14.6. The molecule has 3 rings (SSSR count). The van der Waals surface area contributed by atoms with E-state index in [1.54, 1.807) is 30.3 Å². The lowest BCUT2D eigenvalue weighted by molar-refractivity contribution is -0.118. The minimum atomic E-state index is -0.370. The van der Waals surface area contributed by atoms with Crippen LogP contribution in [0, 0.1) is 11.3 Å². The fourth-order valence-electron chi connectivity index (χ4n) is 2.03. The third-order valence-corrected chi connectivity index (χ3v) is 5.92. The monoisotopic (exact) mass is 450 g/mol. The summed E-state index contributed by atoms with van der Waals surface area (Å²) in [5.74, 6) is 0.690. The van der Waals surface area contributed by atoms with Crippen LogP contribution in [0.4, 0.5) is 5.13 Å². The molecule has 0 aliphatic carbocycles. The fourth-order valence-corrected chi connectivity index (χ4v) is 4.22. The minimum Gasteiger partial charge on any atom is -0.482 e. The molecule has 0 unspecified atom stereocenters. The van der Waals surface area contributed by atoms with Gasteiger partial charge in [0.15, 0.2) is 10.9 Å². The van der Waals surface area contributed by atoms with Crippen molar-refractivity contribution in [2.24, 2.45) is 0 Å². The number of amides is 1. The molecule has 142 valence electrons. The molecule has 0 aliphatic heterocycles. The Bertz CT molecular complexity index is 1020. The second-order valence-electron chi connectivity index (χ2n) is 5.38. The van der Waals surface area contributed by atoms with Gasteiger partial charge in [-0.2, -0.15) is 5.26 Å². The zero-order valence-corrected chi connectivity index (χ0v) is 17.3. The van der Waals surface area contributed by atoms with E-state index in [-0.39, 0.29) is 12.5 Å². The Morgan fingerprint density at radius 1 is 1.21 bits per heavy atom. The summed E-state index contributed by atoms with van der Waals surface area (Å²) in [7, 11) is 0. The SMILES string of the molecule is N#Cc1ccc(CSc2nnc(NC(=O)COc3ccc(Cl)cc3Cl)s2)cc1. The summed E-state index contributed by atoms with van der Waals surface area (Å²) < 4.78 is 6.11. The topological polar surface area (TPSA) is 87.9 Å². The Morgan fingerprint density at radius 3 is 2.71 bits per heavy atom. The van der Waals surface area contributed by atoms with Crippen molar-refractivity contribution in [1.29, 1.82) is 5.26 Å². The van der Waals surface area contributed by atoms with E-state index in [1.165, 1.54) is 23.1 Å². The van der Waals surface area contributed by atoms with Crippen molar-refractivity contribution in [3.63, 3.8) is 0 Å². The Labute approximate surface area is 179 Å². The van der Waals surface area contributed by atoms with E-state index in [1.807, 2.05) is 12.1 Å². The summed E-state index contributed by atoms with van der Waals surface area (Å²) in [4.78, 5) is 12.0. The van der Waals surface area contributed by atoms with E-state index in [0.717, 1.165) is 9.90 Å². The number of ether oxygens (including phenoxy) is 1. The maximum atomic E-state index is 12.0. The Morgan fingerprint density at radius 2 is 2.00 bits per heavy atom. The van der Waals surface area contributed by atoms with Crippen molar-refractivity contribution in [3.05, 3.63) is 63.6 Å². The number of nitrogens with one attached hydrogen (secondary N) is 1. The molecule has 0 radical (unpaired) electrons. The van der Waals surface area contributed by atoms with E-state index in [2.05, 4.69) is 21.6 Å². The number of hydrogen-bond acceptors (Lipinski definition) is 7. The van der Waals surface area contributed by atoms with Gasteiger partial charge in [0, 0.05) is 10.8 Å². The largest absolute Gasteiger partial charge is 0.482 e. The lowest BCUT2D eigenvalue weighted by Gasteiger charge is -2.07. The van der Waals surface area contributed by atoms with Gasteiger partial charge in [0.05, 0.1) is 16.7 Å². The van der Waals surface area contributed by atoms with E-state index in [4.69, 9.17) is 33.2 Å². The van der Waals surface area contributed by atoms with Crippen LogP contribution < -0.4 is 10.1 Å². The number of carbonyl (C=O) groups excluding carboxylic acids is 1. The third-order valence-electron chi connectivity index (χ3n) is 3.35. The van der Waals surface area contributed by atoms with Crippen LogP contribution in [0.2, 0.25) is 10.0 Å². The van der Waals surface area contributed by atoms with Crippen molar-refractivity contribution in [1.82, 2.24) is 10.2 Å². The van der Waals surface area contributed by atoms with Crippen molar-refractivity contribution in [2.75, 3.05) is 11.9 Å². The third kappa shape index (κ3) is 5.84. The average molecular weight is 451 g/mol. The van der Waals surface area contributed by atoms with E-state index in [0.29, 0.717) is 32.2 Å². The number of nitriles is 1. The van der Waals surface area contributed by atoms with Crippen molar-refractivity contribution < 1.29 is 9.53 Å². The van der Waals surface area contributed by atoms with Gasteiger partial charge in [0.1, 0.15) is 5.75 Å². The van der Waals surface area contributed by atoms with Crippen molar-refractivity contribution in [3.8, 4) is 11.8 Å². The van der Waals surface area contributed by atoms with Crippen LogP contribution in [-0.4, -0.2) is 22.7 Å². The Kier molecular flexibility index (Phi) is 7.12. The molecule has 0 saturated carbocycles. The summed E-state index contributed by atoms with van der Waals surface area (Å²) in [6.07, 6.45) is 0. The highest BCUT2D eigenvalue weighted by Gasteiger charge is 2.11. The average Bonchev–Trinajstić information content (AvgIpc) is 3.13. The van der Waals surface area contributed by atoms with Crippen LogP contribution >= 0.6 is 46.3 Å². The molecule has 6 nitrogen and oxygen atoms in total. The highest BCUT2D eigenvalue weighted by molar-refractivity contribution is 8.00. The maximum absolute atomic E-state index is 12.0. The number of thioether (sulfide) groups is 1. The molecule has 1 heterocycles. The molecule has 0 fully saturated rings. The second-order valence-corrected chi connectivity index (χ2v) is 8.43. The molecule has 0 bridgehead atoms. The molecule has 1 aromatic heterocycles. The Hall–Kier alpha value is -2.31. The standard InChI is InChI=1S/C18H12Cl2N4O2S2/c19-13-5-6-15(14(20)7-13)26-9-16(25)22-17-23-24-18(28-17)27-10-12-3-1-11(8-21)2-4-12/h1-7H,9-10H2,(H,22,23,25). The fraction of sp³-hybridized carbons (Fsp3) is 0.111. The van der Waals surface area contributed by atoms with E-state index < -0.39 is 0 Å². The molecule has 0 spiro atoms. The first-order chi connectivity index (χ1) is 13.5. The molecule has 28 heavy (non-hydrogen) atoms. The summed E-state index contributed by atoms with van der Waals surface area (Å²) in [6.45, 7) is -0.214. The highest BCUT2D eigenvalue weighted by Crippen LogP contribution is 2.29. The lowest BCUT2D eigenvalue weighted by Crippen LogP contribution is -2.20. The number of halogens is 2. The smallest absolute Gasteiger partial charge is 0.264 e. The summed E-state index contributed by atoms with van der Waals surface area (Å²) in [6, 6.07) is 14.2. The first-order valence-electron chi connectivity index (χ1n) is 7.86. The highest BCUT2D eigenvalue weighted by atomic mass is 35.5. The van der Waals surface area contributed by atoms with E-state index >= 15 is 0 Å². The molecule has 3 aromatic rings. The molecule has 1 N–H and O–H groups in total. The number of anilines is 1. The van der Waals surface area contributed by atoms with Crippen molar-refractivity contribution in [2.45, 2.75) is 10.1 Å². The lowest BCUT2D eigenvalue weighted by atomic mass is 10.2. The number of carbonyl (C=O) groups is 1. The molecule has 0 saturated heterocycles. The van der Waals surface area contributed by atoms with Gasteiger partial charge in [0.2, 0.25) is 5.13 Å². The van der Waals surface area contributed by atoms with E-state index in [9.17, 15) is 4.79 Å². The number of rotatable bonds is 7. The van der Waals surface area contributed by atoms with Crippen LogP contribution in [-0.2, 0) is 10.5 Å². The summed E-state index contributed by atoms with van der Waals surface area (Å²) in [5, 5.41) is 20.7. The van der Waals surface area contributed by atoms with Gasteiger partial charge in [0.25, 0.3) is 5.91 Å². The van der Waals surface area contributed by atoms with Gasteiger partial charge in [-0.25, -0.2) is 0 Å². The summed E-state index contributed by atoms with van der Waals surface area (Å²) in [5.41, 5.74) is 1.69. The number of hydrogen-bond donors (Lipinski definition) is 1. The predicted octanol–water partition coefficient (Wildman–Crippen LogP) is 5.03. The van der Waals surface area contributed by atoms with Gasteiger partial charge in [-0.15, -0.1) is 10.2 Å². The molecule has 1 amide bonds. The normalized spacial score (nSPS) is 10.3. The van der Waals surface area contributed by atoms with Gasteiger partial charge in [-0.05, 0) is 35.9 Å². The van der Waals surface area contributed by atoms with Crippen molar-refractivity contribution >= 4 is 57.3 Å². The first kappa shape index (κ1) is 20.4. The minimum absolute atomic E-state index is 0.214. The van der Waals surface area contributed by atoms with Crippen LogP contribution in [0.5, 0.6) is 5.75 Å². The molecule has 10 heteroatoms. The molecular weight excluding hydrogens is 439 g/mol. The first-order valence-corrected chi connectivity index (χ1v) is 10.4. The molecule has 0 aliphatic rings.